The average Bonchev–Trinajstić information content (AvgIpc) is 2.47. The molecule has 2 N–H and O–H groups in total. The number of piperidine rings is 1. The van der Waals surface area contributed by atoms with Crippen LogP contribution in [0.1, 0.15) is 25.3 Å². The lowest BCUT2D eigenvalue weighted by atomic mass is 9.92. The van der Waals surface area contributed by atoms with Crippen LogP contribution in [0.25, 0.3) is 0 Å². The highest BCUT2D eigenvalue weighted by Gasteiger charge is 2.23. The minimum atomic E-state index is -0.272. The summed E-state index contributed by atoms with van der Waals surface area (Å²) in [6.07, 6.45) is 1.60. The van der Waals surface area contributed by atoms with Crippen molar-refractivity contribution in [1.82, 2.24) is 10.2 Å². The Hall–Kier alpha value is -1.46. The Morgan fingerprint density at radius 2 is 2.00 bits per heavy atom. The summed E-state index contributed by atoms with van der Waals surface area (Å²) in [5.41, 5.74) is 0.887. The predicted octanol–water partition coefficient (Wildman–Crippen LogP) is 1.53. The Morgan fingerprint density at radius 1 is 1.38 bits per heavy atom. The summed E-state index contributed by atoms with van der Waals surface area (Å²) in [5, 5.41) is 12.4. The number of hydrogen-bond donors (Lipinski definition) is 2. The van der Waals surface area contributed by atoms with E-state index in [1.807, 2.05) is 6.92 Å². The number of amides is 1. The van der Waals surface area contributed by atoms with Gasteiger partial charge in [-0.05, 0) is 56.5 Å². The molecule has 1 atom stereocenters. The SMILES string of the molecule is C[C@@H](O)C1CCN(CC(=O)NCc2ccc(F)cc2)CC1. The molecule has 0 bridgehead atoms. The zero-order chi connectivity index (χ0) is 15.2. The van der Waals surface area contributed by atoms with E-state index in [2.05, 4.69) is 10.2 Å². The van der Waals surface area contributed by atoms with Gasteiger partial charge in [0.25, 0.3) is 0 Å². The van der Waals surface area contributed by atoms with Gasteiger partial charge in [-0.3, -0.25) is 9.69 Å². The molecule has 0 saturated carbocycles. The summed E-state index contributed by atoms with van der Waals surface area (Å²) in [6, 6.07) is 6.12. The van der Waals surface area contributed by atoms with E-state index in [1.54, 1.807) is 12.1 Å². The molecule has 0 spiro atoms. The molecular weight excluding hydrogens is 271 g/mol. The first kappa shape index (κ1) is 15.9. The lowest BCUT2D eigenvalue weighted by Crippen LogP contribution is -2.42. The van der Waals surface area contributed by atoms with Crippen molar-refractivity contribution < 1.29 is 14.3 Å². The van der Waals surface area contributed by atoms with Gasteiger partial charge < -0.3 is 10.4 Å². The number of halogens is 1. The van der Waals surface area contributed by atoms with Crippen molar-refractivity contribution in [2.45, 2.75) is 32.4 Å². The van der Waals surface area contributed by atoms with Crippen LogP contribution in [0.4, 0.5) is 4.39 Å². The largest absolute Gasteiger partial charge is 0.393 e. The topological polar surface area (TPSA) is 52.6 Å². The Kier molecular flexibility index (Phi) is 5.70. The van der Waals surface area contributed by atoms with Crippen molar-refractivity contribution in [3.05, 3.63) is 35.6 Å². The van der Waals surface area contributed by atoms with E-state index in [-0.39, 0.29) is 17.8 Å². The number of nitrogens with zero attached hydrogens (tertiary/aromatic N) is 1. The van der Waals surface area contributed by atoms with Gasteiger partial charge in [-0.15, -0.1) is 0 Å². The zero-order valence-corrected chi connectivity index (χ0v) is 12.4. The maximum atomic E-state index is 12.8. The number of nitrogens with one attached hydrogen (secondary N) is 1. The lowest BCUT2D eigenvalue weighted by molar-refractivity contribution is -0.122. The van der Waals surface area contributed by atoms with Crippen LogP contribution < -0.4 is 5.32 Å². The second-order valence-electron chi connectivity index (χ2n) is 5.76. The number of aliphatic hydroxyl groups is 1. The smallest absolute Gasteiger partial charge is 0.234 e. The Morgan fingerprint density at radius 3 is 2.57 bits per heavy atom. The standard InChI is InChI=1S/C16H23FN2O2/c1-12(20)14-6-8-19(9-7-14)11-16(21)18-10-13-2-4-15(17)5-3-13/h2-5,12,14,20H,6-11H2,1H3,(H,18,21)/t12-/m1/s1. The molecule has 0 aliphatic carbocycles. The molecule has 1 heterocycles. The van der Waals surface area contributed by atoms with Crippen LogP contribution in [0.3, 0.4) is 0 Å². The zero-order valence-electron chi connectivity index (χ0n) is 12.4. The highest BCUT2D eigenvalue weighted by Crippen LogP contribution is 2.20. The number of benzene rings is 1. The quantitative estimate of drug-likeness (QED) is 0.866. The molecule has 0 unspecified atom stereocenters. The molecule has 1 amide bonds. The van der Waals surface area contributed by atoms with Gasteiger partial charge in [0.1, 0.15) is 5.82 Å². The predicted molar refractivity (Wildman–Crippen MR) is 79.1 cm³/mol. The van der Waals surface area contributed by atoms with E-state index < -0.39 is 0 Å². The number of carbonyl (C=O) groups excluding carboxylic acids is 1. The van der Waals surface area contributed by atoms with Gasteiger partial charge >= 0.3 is 0 Å². The molecular formula is C16H23FN2O2. The van der Waals surface area contributed by atoms with Crippen molar-refractivity contribution in [3.63, 3.8) is 0 Å². The second-order valence-corrected chi connectivity index (χ2v) is 5.76. The van der Waals surface area contributed by atoms with Crippen LogP contribution in [0, 0.1) is 11.7 Å². The number of hydrogen-bond acceptors (Lipinski definition) is 3. The first-order chi connectivity index (χ1) is 10.0. The highest BCUT2D eigenvalue weighted by molar-refractivity contribution is 5.78. The van der Waals surface area contributed by atoms with Crippen LogP contribution in [-0.4, -0.2) is 41.7 Å². The van der Waals surface area contributed by atoms with Gasteiger partial charge in [-0.2, -0.15) is 0 Å². The van der Waals surface area contributed by atoms with Crippen molar-refractivity contribution in [2.75, 3.05) is 19.6 Å². The minimum Gasteiger partial charge on any atom is -0.393 e. The van der Waals surface area contributed by atoms with Crippen LogP contribution in [0.15, 0.2) is 24.3 Å². The molecule has 1 aliphatic heterocycles. The molecule has 1 aromatic rings. The normalized spacial score (nSPS) is 18.4. The molecule has 1 aliphatic rings. The molecule has 1 fully saturated rings. The van der Waals surface area contributed by atoms with Crippen LogP contribution in [-0.2, 0) is 11.3 Å². The summed E-state index contributed by atoms with van der Waals surface area (Å²) in [4.78, 5) is 14.0. The third kappa shape index (κ3) is 5.10. The summed E-state index contributed by atoms with van der Waals surface area (Å²) in [7, 11) is 0. The third-order valence-corrected chi connectivity index (χ3v) is 4.08. The Bertz CT molecular complexity index is 454. The second kappa shape index (κ2) is 7.52. The number of likely N-dealkylation sites (tertiary alicyclic amines) is 1. The lowest BCUT2D eigenvalue weighted by Gasteiger charge is -2.32. The monoisotopic (exact) mass is 294 g/mol. The summed E-state index contributed by atoms with van der Waals surface area (Å²) in [5.74, 6) is 0.0596. The minimum absolute atomic E-state index is 0.0187. The molecule has 0 radical (unpaired) electrons. The van der Waals surface area contributed by atoms with E-state index in [4.69, 9.17) is 0 Å². The van der Waals surface area contributed by atoms with Crippen molar-refractivity contribution in [3.8, 4) is 0 Å². The fourth-order valence-corrected chi connectivity index (χ4v) is 2.66. The molecule has 1 saturated heterocycles. The number of rotatable bonds is 5. The fourth-order valence-electron chi connectivity index (χ4n) is 2.66. The first-order valence-electron chi connectivity index (χ1n) is 7.46. The molecule has 5 heteroatoms. The Balaban J connectivity index is 1.69. The van der Waals surface area contributed by atoms with Gasteiger partial charge in [0, 0.05) is 6.54 Å². The van der Waals surface area contributed by atoms with Crippen molar-refractivity contribution in [2.24, 2.45) is 5.92 Å². The van der Waals surface area contributed by atoms with E-state index in [0.717, 1.165) is 31.5 Å². The number of aliphatic hydroxyl groups excluding tert-OH is 1. The fraction of sp³-hybridized carbons (Fsp3) is 0.562. The molecule has 116 valence electrons. The summed E-state index contributed by atoms with van der Waals surface area (Å²) < 4.78 is 12.8. The third-order valence-electron chi connectivity index (χ3n) is 4.08. The van der Waals surface area contributed by atoms with Gasteiger partial charge in [-0.1, -0.05) is 12.1 Å². The van der Waals surface area contributed by atoms with Gasteiger partial charge in [0.05, 0.1) is 12.6 Å². The van der Waals surface area contributed by atoms with Gasteiger partial charge in [0.2, 0.25) is 5.91 Å². The van der Waals surface area contributed by atoms with Crippen molar-refractivity contribution in [1.29, 1.82) is 0 Å². The highest BCUT2D eigenvalue weighted by atomic mass is 19.1. The van der Waals surface area contributed by atoms with E-state index in [0.29, 0.717) is 19.0 Å². The Labute approximate surface area is 125 Å². The molecule has 4 nitrogen and oxygen atoms in total. The maximum absolute atomic E-state index is 12.8. The van der Waals surface area contributed by atoms with Crippen molar-refractivity contribution >= 4 is 5.91 Å². The number of carbonyl (C=O) groups is 1. The van der Waals surface area contributed by atoms with E-state index in [1.165, 1.54) is 12.1 Å². The van der Waals surface area contributed by atoms with Crippen LogP contribution >= 0.6 is 0 Å². The first-order valence-corrected chi connectivity index (χ1v) is 7.46. The summed E-state index contributed by atoms with van der Waals surface area (Å²) in [6.45, 7) is 4.33. The van der Waals surface area contributed by atoms with Crippen LogP contribution in [0.5, 0.6) is 0 Å². The molecule has 2 rings (SSSR count). The summed E-state index contributed by atoms with van der Waals surface area (Å²) >= 11 is 0. The van der Waals surface area contributed by atoms with Gasteiger partial charge in [0.15, 0.2) is 0 Å². The molecule has 21 heavy (non-hydrogen) atoms. The molecule has 0 aromatic heterocycles. The van der Waals surface area contributed by atoms with Gasteiger partial charge in [-0.25, -0.2) is 4.39 Å². The van der Waals surface area contributed by atoms with Crippen LogP contribution in [0.2, 0.25) is 0 Å². The van der Waals surface area contributed by atoms with E-state index >= 15 is 0 Å². The molecule has 1 aromatic carbocycles. The van der Waals surface area contributed by atoms with E-state index in [9.17, 15) is 14.3 Å². The maximum Gasteiger partial charge on any atom is 0.234 e. The average molecular weight is 294 g/mol.